The number of benzene rings is 3. The molecule has 4 heteroatoms. The lowest BCUT2D eigenvalue weighted by Gasteiger charge is -2.15. The molecule has 0 aliphatic heterocycles. The molecule has 0 aliphatic rings. The summed E-state index contributed by atoms with van der Waals surface area (Å²) in [5.74, 6) is 3.02. The summed E-state index contributed by atoms with van der Waals surface area (Å²) in [5, 5.41) is 8.80. The topological polar surface area (TPSA) is 36.3 Å². The molecule has 1 atom stereocenters. The van der Waals surface area contributed by atoms with Gasteiger partial charge >= 0.3 is 0 Å². The molecule has 0 aliphatic carbocycles. The highest BCUT2D eigenvalue weighted by molar-refractivity contribution is 7.45. The SMILES string of the molecule is CN(PC#N)c1ccc(OCc2ccccc2CCc2ccccc2)cc1. The number of nitriles is 1. The first-order chi connectivity index (χ1) is 13.3. The van der Waals surface area contributed by atoms with Crippen LogP contribution in [0.2, 0.25) is 0 Å². The van der Waals surface area contributed by atoms with Crippen LogP contribution in [-0.4, -0.2) is 7.05 Å². The molecule has 3 rings (SSSR count). The maximum absolute atomic E-state index is 8.80. The van der Waals surface area contributed by atoms with Gasteiger partial charge in [-0.05, 0) is 53.8 Å². The summed E-state index contributed by atoms with van der Waals surface area (Å²) in [6.45, 7) is 0.556. The lowest BCUT2D eigenvalue weighted by Crippen LogP contribution is -2.03. The molecule has 0 bridgehead atoms. The van der Waals surface area contributed by atoms with Gasteiger partial charge in [-0.1, -0.05) is 54.6 Å². The van der Waals surface area contributed by atoms with E-state index in [-0.39, 0.29) is 8.73 Å². The van der Waals surface area contributed by atoms with Crippen molar-refractivity contribution in [2.75, 3.05) is 11.7 Å². The highest BCUT2D eigenvalue weighted by atomic mass is 31.1. The molecule has 0 radical (unpaired) electrons. The number of anilines is 1. The zero-order chi connectivity index (χ0) is 18.9. The van der Waals surface area contributed by atoms with Crippen LogP contribution < -0.4 is 9.41 Å². The standard InChI is InChI=1S/C23H23N2OP/c1-25(27-18-24)22-13-15-23(16-14-22)26-17-21-10-6-5-9-20(21)12-11-19-7-3-2-4-8-19/h2-10,13-16,27H,11-12,17H2,1H3. The summed E-state index contributed by atoms with van der Waals surface area (Å²) in [6, 6.07) is 26.9. The Bertz CT molecular complexity index is 888. The number of ether oxygens (including phenoxy) is 1. The van der Waals surface area contributed by atoms with E-state index in [4.69, 9.17) is 10.00 Å². The van der Waals surface area contributed by atoms with Gasteiger partial charge in [-0.2, -0.15) is 5.26 Å². The average molecular weight is 374 g/mol. The molecule has 0 saturated heterocycles. The lowest BCUT2D eigenvalue weighted by atomic mass is 10.0. The number of nitrogens with zero attached hydrogens (tertiary/aromatic N) is 2. The number of aryl methyl sites for hydroxylation is 2. The minimum atomic E-state index is 0.125. The number of hydrogen-bond donors (Lipinski definition) is 0. The monoisotopic (exact) mass is 374 g/mol. The van der Waals surface area contributed by atoms with Crippen molar-refractivity contribution in [3.8, 4) is 11.6 Å². The van der Waals surface area contributed by atoms with E-state index in [1.54, 1.807) is 0 Å². The van der Waals surface area contributed by atoms with Gasteiger partial charge in [-0.15, -0.1) is 0 Å². The third-order valence-electron chi connectivity index (χ3n) is 4.48. The fourth-order valence-electron chi connectivity index (χ4n) is 2.93. The van der Waals surface area contributed by atoms with E-state index in [0.29, 0.717) is 6.61 Å². The molecule has 3 aromatic carbocycles. The van der Waals surface area contributed by atoms with Crippen LogP contribution in [0, 0.1) is 11.1 Å². The molecule has 0 saturated carbocycles. The van der Waals surface area contributed by atoms with E-state index in [1.807, 2.05) is 36.0 Å². The Morgan fingerprint density at radius 3 is 2.22 bits per heavy atom. The third-order valence-corrected chi connectivity index (χ3v) is 5.17. The Kier molecular flexibility index (Phi) is 6.85. The minimum absolute atomic E-state index is 0.125. The molecule has 1 unspecified atom stereocenters. The van der Waals surface area contributed by atoms with Gasteiger partial charge in [0.05, 0.1) is 8.73 Å². The fraction of sp³-hybridized carbons (Fsp3) is 0.174. The average Bonchev–Trinajstić information content (AvgIpc) is 2.72. The molecule has 27 heavy (non-hydrogen) atoms. The molecule has 0 heterocycles. The second-order valence-corrected chi connectivity index (χ2v) is 7.44. The second kappa shape index (κ2) is 9.76. The normalized spacial score (nSPS) is 10.7. The molecule has 3 aromatic rings. The maximum Gasteiger partial charge on any atom is 0.119 e. The summed E-state index contributed by atoms with van der Waals surface area (Å²) in [5.41, 5.74) is 4.92. The summed E-state index contributed by atoms with van der Waals surface area (Å²) in [4.78, 5) is 0. The molecular weight excluding hydrogens is 351 g/mol. The van der Waals surface area contributed by atoms with E-state index in [2.05, 4.69) is 60.4 Å². The van der Waals surface area contributed by atoms with Gasteiger partial charge in [0, 0.05) is 12.7 Å². The van der Waals surface area contributed by atoms with Crippen LogP contribution in [0.5, 0.6) is 5.75 Å². The van der Waals surface area contributed by atoms with Crippen molar-refractivity contribution in [1.29, 1.82) is 5.26 Å². The lowest BCUT2D eigenvalue weighted by molar-refractivity contribution is 0.305. The number of rotatable bonds is 8. The largest absolute Gasteiger partial charge is 0.489 e. The highest BCUT2D eigenvalue weighted by Gasteiger charge is 2.05. The van der Waals surface area contributed by atoms with Gasteiger partial charge in [0.1, 0.15) is 18.2 Å². The quantitative estimate of drug-likeness (QED) is 0.484. The summed E-state index contributed by atoms with van der Waals surface area (Å²) in [6.07, 6.45) is 2.03. The van der Waals surface area contributed by atoms with Crippen LogP contribution >= 0.6 is 8.73 Å². The second-order valence-electron chi connectivity index (χ2n) is 6.32. The minimum Gasteiger partial charge on any atom is -0.489 e. The van der Waals surface area contributed by atoms with Crippen LogP contribution in [0.1, 0.15) is 16.7 Å². The van der Waals surface area contributed by atoms with Crippen molar-refractivity contribution in [3.05, 3.63) is 95.6 Å². The van der Waals surface area contributed by atoms with Crippen LogP contribution in [-0.2, 0) is 19.4 Å². The molecular formula is C23H23N2OP. The summed E-state index contributed by atoms with van der Waals surface area (Å²) >= 11 is 0. The van der Waals surface area contributed by atoms with Crippen molar-refractivity contribution in [1.82, 2.24) is 0 Å². The van der Waals surface area contributed by atoms with Crippen LogP contribution in [0.3, 0.4) is 0 Å². The first kappa shape index (κ1) is 19.0. The van der Waals surface area contributed by atoms with Gasteiger partial charge in [0.25, 0.3) is 0 Å². The Balaban J connectivity index is 1.60. The molecule has 136 valence electrons. The van der Waals surface area contributed by atoms with Gasteiger partial charge in [-0.3, -0.25) is 0 Å². The van der Waals surface area contributed by atoms with Crippen molar-refractivity contribution >= 4 is 14.4 Å². The predicted molar refractivity (Wildman–Crippen MR) is 113 cm³/mol. The zero-order valence-electron chi connectivity index (χ0n) is 15.4. The molecule has 0 fully saturated rings. The van der Waals surface area contributed by atoms with Gasteiger partial charge in [0.2, 0.25) is 0 Å². The Hall–Kier alpha value is -2.82. The highest BCUT2D eigenvalue weighted by Crippen LogP contribution is 2.26. The molecule has 0 spiro atoms. The first-order valence-electron chi connectivity index (χ1n) is 8.98. The van der Waals surface area contributed by atoms with E-state index in [9.17, 15) is 0 Å². The van der Waals surface area contributed by atoms with E-state index < -0.39 is 0 Å². The van der Waals surface area contributed by atoms with Crippen molar-refractivity contribution in [3.63, 3.8) is 0 Å². The van der Waals surface area contributed by atoms with Crippen LogP contribution in [0.15, 0.2) is 78.9 Å². The Labute approximate surface area is 163 Å². The molecule has 0 N–H and O–H groups in total. The maximum atomic E-state index is 8.80. The fourth-order valence-corrected chi connectivity index (χ4v) is 3.36. The first-order valence-corrected chi connectivity index (χ1v) is 9.93. The molecule has 0 amide bonds. The zero-order valence-corrected chi connectivity index (χ0v) is 16.4. The van der Waals surface area contributed by atoms with E-state index in [0.717, 1.165) is 24.3 Å². The van der Waals surface area contributed by atoms with Gasteiger partial charge in [-0.25, -0.2) is 0 Å². The third kappa shape index (κ3) is 5.58. The van der Waals surface area contributed by atoms with Crippen LogP contribution in [0.4, 0.5) is 5.69 Å². The van der Waals surface area contributed by atoms with Gasteiger partial charge < -0.3 is 9.41 Å². The van der Waals surface area contributed by atoms with E-state index in [1.165, 1.54) is 16.7 Å². The summed E-state index contributed by atoms with van der Waals surface area (Å²) < 4.78 is 7.93. The number of hydrogen-bond acceptors (Lipinski definition) is 3. The Morgan fingerprint density at radius 2 is 1.52 bits per heavy atom. The van der Waals surface area contributed by atoms with Crippen LogP contribution in [0.25, 0.3) is 0 Å². The molecule has 3 nitrogen and oxygen atoms in total. The smallest absolute Gasteiger partial charge is 0.119 e. The molecule has 0 aromatic heterocycles. The van der Waals surface area contributed by atoms with E-state index >= 15 is 0 Å². The van der Waals surface area contributed by atoms with Crippen molar-refractivity contribution in [2.24, 2.45) is 0 Å². The Morgan fingerprint density at radius 1 is 0.852 bits per heavy atom. The predicted octanol–water partition coefficient (Wildman–Crippen LogP) is 5.56. The van der Waals surface area contributed by atoms with Crippen molar-refractivity contribution < 1.29 is 4.74 Å². The summed E-state index contributed by atoms with van der Waals surface area (Å²) in [7, 11) is 2.04. The van der Waals surface area contributed by atoms with Gasteiger partial charge in [0.15, 0.2) is 0 Å². The van der Waals surface area contributed by atoms with Crippen molar-refractivity contribution in [2.45, 2.75) is 19.4 Å².